The van der Waals surface area contributed by atoms with E-state index in [4.69, 9.17) is 16.3 Å². The number of carbonyl (C=O) groups excluding carboxylic acids is 1. The van der Waals surface area contributed by atoms with E-state index in [0.717, 1.165) is 0 Å². The minimum atomic E-state index is -3.00. The predicted octanol–water partition coefficient (Wildman–Crippen LogP) is 4.43. The monoisotopic (exact) mass is 393 g/mol. The fourth-order valence-corrected chi connectivity index (χ4v) is 2.40. The second-order valence-electron chi connectivity index (χ2n) is 5.27. The molecule has 27 heavy (non-hydrogen) atoms. The highest BCUT2D eigenvalue weighted by molar-refractivity contribution is 6.32. The molecule has 6 nitrogen and oxygen atoms in total. The molecule has 3 rings (SSSR count). The van der Waals surface area contributed by atoms with E-state index < -0.39 is 12.5 Å². The average molecular weight is 394 g/mol. The smallest absolute Gasteiger partial charge is 0.387 e. The number of halogens is 3. The number of anilines is 1. The van der Waals surface area contributed by atoms with E-state index in [1.807, 2.05) is 0 Å². The van der Waals surface area contributed by atoms with Gasteiger partial charge in [0.05, 0.1) is 10.7 Å². The molecule has 2 aromatic carbocycles. The van der Waals surface area contributed by atoms with Gasteiger partial charge in [-0.15, -0.1) is 0 Å². The van der Waals surface area contributed by atoms with Crippen molar-refractivity contribution < 1.29 is 23.0 Å². The summed E-state index contributed by atoms with van der Waals surface area (Å²) in [6.07, 6.45) is 1.55. The van der Waals surface area contributed by atoms with Crippen LogP contribution in [0.2, 0.25) is 5.02 Å². The van der Waals surface area contributed by atoms with E-state index >= 15 is 0 Å². The topological polar surface area (TPSA) is 65.4 Å². The van der Waals surface area contributed by atoms with E-state index in [9.17, 15) is 13.6 Å². The first-order valence-corrected chi connectivity index (χ1v) is 8.16. The molecule has 0 saturated carbocycles. The first-order valence-electron chi connectivity index (χ1n) is 7.79. The molecule has 0 aliphatic rings. The summed E-state index contributed by atoms with van der Waals surface area (Å²) >= 11 is 6.00. The number of rotatable bonds is 7. The van der Waals surface area contributed by atoms with Crippen LogP contribution in [0.1, 0.15) is 10.5 Å². The third kappa shape index (κ3) is 4.95. The summed E-state index contributed by atoms with van der Waals surface area (Å²) in [6, 6.07) is 14.3. The van der Waals surface area contributed by atoms with Crippen LogP contribution in [0.5, 0.6) is 11.5 Å². The number of amides is 1. The molecule has 1 N–H and O–H groups in total. The van der Waals surface area contributed by atoms with Gasteiger partial charge < -0.3 is 14.8 Å². The minimum Gasteiger partial charge on any atom is -0.470 e. The van der Waals surface area contributed by atoms with Gasteiger partial charge in [-0.3, -0.25) is 4.79 Å². The first kappa shape index (κ1) is 18.7. The number of para-hydroxylation sites is 3. The third-order valence-electron chi connectivity index (χ3n) is 3.41. The Morgan fingerprint density at radius 2 is 1.81 bits per heavy atom. The molecular formula is C18H14ClF2N3O3. The fourth-order valence-electron chi connectivity index (χ4n) is 2.21. The Hall–Kier alpha value is -3.13. The fraction of sp³-hybridized carbons (Fsp3) is 0.111. The lowest BCUT2D eigenvalue weighted by Gasteiger charge is -2.10. The second-order valence-corrected chi connectivity index (χ2v) is 5.68. The number of benzene rings is 2. The lowest BCUT2D eigenvalue weighted by atomic mass is 10.3. The molecule has 0 saturated heterocycles. The predicted molar refractivity (Wildman–Crippen MR) is 95.3 cm³/mol. The Morgan fingerprint density at radius 3 is 2.56 bits per heavy atom. The van der Waals surface area contributed by atoms with Gasteiger partial charge in [0.1, 0.15) is 11.5 Å². The highest BCUT2D eigenvalue weighted by atomic mass is 35.5. The largest absolute Gasteiger partial charge is 0.470 e. The molecule has 0 aliphatic carbocycles. The highest BCUT2D eigenvalue weighted by Gasteiger charge is 2.15. The van der Waals surface area contributed by atoms with Gasteiger partial charge in [-0.1, -0.05) is 35.9 Å². The van der Waals surface area contributed by atoms with Crippen LogP contribution < -0.4 is 14.8 Å². The van der Waals surface area contributed by atoms with Crippen molar-refractivity contribution in [3.05, 3.63) is 71.5 Å². The lowest BCUT2D eigenvalue weighted by Crippen LogP contribution is -2.15. The molecule has 0 bridgehead atoms. The Labute approximate surface area is 158 Å². The lowest BCUT2D eigenvalue weighted by molar-refractivity contribution is -0.0493. The number of aromatic nitrogens is 2. The van der Waals surface area contributed by atoms with Crippen LogP contribution in [0.3, 0.4) is 0 Å². The molecule has 1 amide bonds. The summed E-state index contributed by atoms with van der Waals surface area (Å²) in [4.78, 5) is 12.3. The van der Waals surface area contributed by atoms with Gasteiger partial charge in [0.25, 0.3) is 5.91 Å². The van der Waals surface area contributed by atoms with Crippen molar-refractivity contribution in [3.8, 4) is 11.5 Å². The zero-order valence-corrected chi connectivity index (χ0v) is 14.6. The Bertz CT molecular complexity index is 933. The van der Waals surface area contributed by atoms with Crippen molar-refractivity contribution in [2.24, 2.45) is 0 Å². The SMILES string of the molecule is O=C(Nc1ccccc1OC(F)F)c1ccn(COc2ccccc2Cl)n1. The molecule has 1 heterocycles. The van der Waals surface area contributed by atoms with Crippen LogP contribution in [0, 0.1) is 0 Å². The van der Waals surface area contributed by atoms with Gasteiger partial charge >= 0.3 is 6.61 Å². The minimum absolute atomic E-state index is 0.0437. The molecule has 1 aromatic heterocycles. The van der Waals surface area contributed by atoms with Crippen LogP contribution >= 0.6 is 11.6 Å². The normalized spacial score (nSPS) is 10.7. The molecule has 0 unspecified atom stereocenters. The Morgan fingerprint density at radius 1 is 1.11 bits per heavy atom. The molecule has 0 atom stereocenters. The van der Waals surface area contributed by atoms with E-state index in [1.54, 1.807) is 36.5 Å². The summed E-state index contributed by atoms with van der Waals surface area (Å²) in [5.41, 5.74) is 0.203. The van der Waals surface area contributed by atoms with Gasteiger partial charge in [0, 0.05) is 6.20 Å². The van der Waals surface area contributed by atoms with Crippen molar-refractivity contribution >= 4 is 23.2 Å². The van der Waals surface area contributed by atoms with Crippen molar-refractivity contribution in [1.82, 2.24) is 9.78 Å². The highest BCUT2D eigenvalue weighted by Crippen LogP contribution is 2.26. The van der Waals surface area contributed by atoms with Crippen molar-refractivity contribution in [3.63, 3.8) is 0 Å². The van der Waals surface area contributed by atoms with Crippen LogP contribution in [0.25, 0.3) is 0 Å². The van der Waals surface area contributed by atoms with Gasteiger partial charge in [0.2, 0.25) is 0 Å². The van der Waals surface area contributed by atoms with Crippen LogP contribution in [0.15, 0.2) is 60.8 Å². The maximum Gasteiger partial charge on any atom is 0.387 e. The Balaban J connectivity index is 1.64. The molecule has 0 spiro atoms. The van der Waals surface area contributed by atoms with E-state index in [1.165, 1.54) is 28.9 Å². The van der Waals surface area contributed by atoms with Crippen molar-refractivity contribution in [2.75, 3.05) is 5.32 Å². The molecule has 3 aromatic rings. The van der Waals surface area contributed by atoms with E-state index in [-0.39, 0.29) is 23.9 Å². The number of hydrogen-bond acceptors (Lipinski definition) is 4. The van der Waals surface area contributed by atoms with E-state index in [2.05, 4.69) is 15.2 Å². The number of nitrogens with one attached hydrogen (secondary N) is 1. The quantitative estimate of drug-likeness (QED) is 0.645. The zero-order valence-electron chi connectivity index (χ0n) is 13.8. The molecule has 140 valence electrons. The molecule has 0 radical (unpaired) electrons. The van der Waals surface area contributed by atoms with Crippen LogP contribution in [0.4, 0.5) is 14.5 Å². The third-order valence-corrected chi connectivity index (χ3v) is 3.73. The van der Waals surface area contributed by atoms with Gasteiger partial charge in [-0.2, -0.15) is 13.9 Å². The molecular weight excluding hydrogens is 380 g/mol. The number of hydrogen-bond donors (Lipinski definition) is 1. The maximum atomic E-state index is 12.4. The number of alkyl halides is 2. The Kier molecular flexibility index (Phi) is 5.87. The zero-order chi connectivity index (χ0) is 19.2. The summed E-state index contributed by atoms with van der Waals surface area (Å²) in [7, 11) is 0. The van der Waals surface area contributed by atoms with Crippen LogP contribution in [-0.4, -0.2) is 22.3 Å². The first-order chi connectivity index (χ1) is 13.0. The van der Waals surface area contributed by atoms with E-state index in [0.29, 0.717) is 10.8 Å². The van der Waals surface area contributed by atoms with Gasteiger partial charge in [-0.25, -0.2) is 4.68 Å². The van der Waals surface area contributed by atoms with Crippen molar-refractivity contribution in [1.29, 1.82) is 0 Å². The standard InChI is InChI=1S/C18H14ClF2N3O3/c19-12-5-1-3-7-15(12)26-11-24-10-9-14(23-24)17(25)22-13-6-2-4-8-16(13)27-18(20)21/h1-10,18H,11H2,(H,22,25). The number of carbonyl (C=O) groups is 1. The maximum absolute atomic E-state index is 12.4. The van der Waals surface area contributed by atoms with Gasteiger partial charge in [-0.05, 0) is 30.3 Å². The number of ether oxygens (including phenoxy) is 2. The van der Waals surface area contributed by atoms with Gasteiger partial charge in [0.15, 0.2) is 12.4 Å². The average Bonchev–Trinajstić information content (AvgIpc) is 3.11. The van der Waals surface area contributed by atoms with Crippen LogP contribution in [-0.2, 0) is 6.73 Å². The summed E-state index contributed by atoms with van der Waals surface area (Å²) < 4.78 is 36.2. The molecule has 0 aliphatic heterocycles. The van der Waals surface area contributed by atoms with Crippen molar-refractivity contribution in [2.45, 2.75) is 13.3 Å². The number of nitrogens with zero attached hydrogens (tertiary/aromatic N) is 2. The summed E-state index contributed by atoms with van der Waals surface area (Å²) in [5, 5.41) is 7.04. The summed E-state index contributed by atoms with van der Waals surface area (Å²) in [5.74, 6) is -0.224. The summed E-state index contributed by atoms with van der Waals surface area (Å²) in [6.45, 7) is -2.95. The second kappa shape index (κ2) is 8.50. The molecule has 0 fully saturated rings. The molecule has 9 heteroatoms.